The van der Waals surface area contributed by atoms with Crippen LogP contribution >= 0.6 is 0 Å². The number of H-pyrrole nitrogens is 1. The highest BCUT2D eigenvalue weighted by molar-refractivity contribution is 5.89. The Balaban J connectivity index is 2.28. The van der Waals surface area contributed by atoms with Crippen molar-refractivity contribution >= 4 is 23.2 Å². The van der Waals surface area contributed by atoms with E-state index in [0.29, 0.717) is 6.29 Å². The Morgan fingerprint density at radius 2 is 2.27 bits per heavy atom. The molecule has 1 aromatic heterocycles. The van der Waals surface area contributed by atoms with Gasteiger partial charge in [0.25, 0.3) is 0 Å². The van der Waals surface area contributed by atoms with Crippen molar-refractivity contribution in [1.82, 2.24) is 10.2 Å². The van der Waals surface area contributed by atoms with Crippen molar-refractivity contribution in [3.8, 4) is 5.88 Å². The van der Waals surface area contributed by atoms with Gasteiger partial charge in [-0.1, -0.05) is 12.1 Å². The molecule has 5 nitrogen and oxygen atoms in total. The van der Waals surface area contributed by atoms with Gasteiger partial charge >= 0.3 is 5.97 Å². The molecule has 0 fully saturated rings. The van der Waals surface area contributed by atoms with Gasteiger partial charge in [-0.2, -0.15) is 0 Å². The molecule has 1 N–H and O–H groups in total. The minimum absolute atomic E-state index is 0.206. The summed E-state index contributed by atoms with van der Waals surface area (Å²) >= 11 is 0. The van der Waals surface area contributed by atoms with Crippen LogP contribution in [0.1, 0.15) is 6.42 Å². The molecule has 0 unspecified atom stereocenters. The Labute approximate surface area is 85.0 Å². The first-order valence-corrected chi connectivity index (χ1v) is 4.38. The molecular formula is C10H8N2O3. The van der Waals surface area contributed by atoms with Gasteiger partial charge in [-0.15, -0.1) is 5.10 Å². The molecule has 0 bridgehead atoms. The second-order valence-corrected chi connectivity index (χ2v) is 2.92. The molecule has 2 rings (SSSR count). The average molecular weight is 204 g/mol. The van der Waals surface area contributed by atoms with Crippen LogP contribution in [-0.2, 0) is 9.59 Å². The van der Waals surface area contributed by atoms with Crippen molar-refractivity contribution in [2.24, 2.45) is 0 Å². The smallest absolute Gasteiger partial charge is 0.319 e. The van der Waals surface area contributed by atoms with E-state index in [4.69, 9.17) is 4.74 Å². The molecule has 2 aromatic rings. The van der Waals surface area contributed by atoms with Gasteiger partial charge < -0.3 is 9.53 Å². The predicted octanol–water partition coefficient (Wildman–Crippen LogP) is 1.06. The van der Waals surface area contributed by atoms with Gasteiger partial charge in [-0.25, -0.2) is 0 Å². The van der Waals surface area contributed by atoms with E-state index in [1.54, 1.807) is 6.07 Å². The first-order chi connectivity index (χ1) is 7.31. The zero-order valence-electron chi connectivity index (χ0n) is 7.77. The van der Waals surface area contributed by atoms with Gasteiger partial charge in [0.2, 0.25) is 5.88 Å². The molecule has 1 heterocycles. The van der Waals surface area contributed by atoms with Crippen LogP contribution in [0, 0.1) is 0 Å². The maximum Gasteiger partial charge on any atom is 0.319 e. The molecular weight excluding hydrogens is 196 g/mol. The standard InChI is InChI=1S/C10H8N2O3/c13-6-5-9(14)15-10-7-3-1-2-4-8(7)11-12-10/h1-4,6H,5H2,(H,11,12). The van der Waals surface area contributed by atoms with Crippen molar-refractivity contribution < 1.29 is 14.3 Å². The van der Waals surface area contributed by atoms with Crippen LogP contribution < -0.4 is 4.74 Å². The Bertz CT molecular complexity index is 504. The fourth-order valence-corrected chi connectivity index (χ4v) is 1.23. The molecule has 0 aliphatic heterocycles. The summed E-state index contributed by atoms with van der Waals surface area (Å²) in [6, 6.07) is 7.26. The number of hydrogen-bond donors (Lipinski definition) is 1. The molecule has 0 radical (unpaired) electrons. The highest BCUT2D eigenvalue weighted by atomic mass is 16.5. The molecule has 15 heavy (non-hydrogen) atoms. The molecule has 0 spiro atoms. The van der Waals surface area contributed by atoms with E-state index in [1.807, 2.05) is 18.2 Å². The normalized spacial score (nSPS) is 10.1. The van der Waals surface area contributed by atoms with Crippen molar-refractivity contribution in [3.63, 3.8) is 0 Å². The van der Waals surface area contributed by atoms with E-state index in [1.165, 1.54) is 0 Å². The fraction of sp³-hybridized carbons (Fsp3) is 0.100. The van der Waals surface area contributed by atoms with Gasteiger partial charge in [0.1, 0.15) is 12.7 Å². The Morgan fingerprint density at radius 1 is 1.47 bits per heavy atom. The van der Waals surface area contributed by atoms with E-state index in [0.717, 1.165) is 10.9 Å². The van der Waals surface area contributed by atoms with Gasteiger partial charge in [-0.05, 0) is 12.1 Å². The van der Waals surface area contributed by atoms with Crippen LogP contribution in [-0.4, -0.2) is 22.5 Å². The van der Waals surface area contributed by atoms with E-state index < -0.39 is 5.97 Å². The summed E-state index contributed by atoms with van der Waals surface area (Å²) in [4.78, 5) is 21.1. The summed E-state index contributed by atoms with van der Waals surface area (Å²) in [7, 11) is 0. The number of aldehydes is 1. The molecule has 0 aliphatic rings. The molecule has 5 heteroatoms. The zero-order valence-corrected chi connectivity index (χ0v) is 7.77. The minimum atomic E-state index is -0.609. The minimum Gasteiger partial charge on any atom is -0.405 e. The van der Waals surface area contributed by atoms with Gasteiger partial charge in [0, 0.05) is 0 Å². The van der Waals surface area contributed by atoms with E-state index in [9.17, 15) is 9.59 Å². The summed E-state index contributed by atoms with van der Waals surface area (Å²) in [5.41, 5.74) is 0.784. The van der Waals surface area contributed by atoms with Gasteiger partial charge in [0.15, 0.2) is 0 Å². The van der Waals surface area contributed by atoms with Crippen molar-refractivity contribution in [2.75, 3.05) is 0 Å². The lowest BCUT2D eigenvalue weighted by Crippen LogP contribution is -2.08. The molecule has 0 saturated heterocycles. The number of esters is 1. The van der Waals surface area contributed by atoms with Crippen LogP contribution in [0.3, 0.4) is 0 Å². The molecule has 0 aliphatic carbocycles. The fourth-order valence-electron chi connectivity index (χ4n) is 1.23. The van der Waals surface area contributed by atoms with Crippen LogP contribution in [0.25, 0.3) is 10.9 Å². The number of rotatable bonds is 3. The average Bonchev–Trinajstić information content (AvgIpc) is 2.62. The van der Waals surface area contributed by atoms with Crippen LogP contribution in [0.15, 0.2) is 24.3 Å². The quantitative estimate of drug-likeness (QED) is 0.461. The van der Waals surface area contributed by atoms with Crippen LogP contribution in [0.5, 0.6) is 5.88 Å². The number of aromatic amines is 1. The largest absolute Gasteiger partial charge is 0.405 e. The summed E-state index contributed by atoms with van der Waals surface area (Å²) < 4.78 is 4.90. The molecule has 1 aromatic carbocycles. The lowest BCUT2D eigenvalue weighted by Gasteiger charge is -1.96. The van der Waals surface area contributed by atoms with Crippen LogP contribution in [0.4, 0.5) is 0 Å². The lowest BCUT2D eigenvalue weighted by molar-refractivity contribution is -0.135. The number of carbonyl (C=O) groups is 2. The molecule has 0 atom stereocenters. The summed E-state index contributed by atoms with van der Waals surface area (Å²) in [5.74, 6) is -0.403. The maximum atomic E-state index is 11.0. The third-order valence-electron chi connectivity index (χ3n) is 1.90. The Hall–Kier alpha value is -2.17. The number of para-hydroxylation sites is 1. The molecule has 0 saturated carbocycles. The highest BCUT2D eigenvalue weighted by Crippen LogP contribution is 2.21. The van der Waals surface area contributed by atoms with Gasteiger partial charge in [0.05, 0.1) is 10.9 Å². The Morgan fingerprint density at radius 3 is 3.07 bits per heavy atom. The zero-order chi connectivity index (χ0) is 10.7. The first-order valence-electron chi connectivity index (χ1n) is 4.38. The molecule has 0 amide bonds. The monoisotopic (exact) mass is 204 g/mol. The summed E-state index contributed by atoms with van der Waals surface area (Å²) in [6.07, 6.45) is 0.234. The van der Waals surface area contributed by atoms with E-state index >= 15 is 0 Å². The van der Waals surface area contributed by atoms with Crippen molar-refractivity contribution in [1.29, 1.82) is 0 Å². The van der Waals surface area contributed by atoms with E-state index in [2.05, 4.69) is 10.2 Å². The van der Waals surface area contributed by atoms with Gasteiger partial charge in [-0.3, -0.25) is 9.89 Å². The first kappa shape index (κ1) is 9.39. The summed E-state index contributed by atoms with van der Waals surface area (Å²) in [6.45, 7) is 0. The molecule has 76 valence electrons. The Kier molecular flexibility index (Phi) is 2.45. The number of aromatic nitrogens is 2. The predicted molar refractivity (Wildman–Crippen MR) is 52.4 cm³/mol. The number of carbonyl (C=O) groups excluding carboxylic acids is 2. The van der Waals surface area contributed by atoms with Crippen LogP contribution in [0.2, 0.25) is 0 Å². The second kappa shape index (κ2) is 3.91. The maximum absolute atomic E-state index is 11.0. The number of fused-ring (bicyclic) bond motifs is 1. The van der Waals surface area contributed by atoms with E-state index in [-0.39, 0.29) is 12.3 Å². The number of benzene rings is 1. The number of ether oxygens (including phenoxy) is 1. The lowest BCUT2D eigenvalue weighted by atomic mass is 10.2. The SMILES string of the molecule is O=CCC(=O)Oc1n[nH]c2ccccc12. The number of nitrogens with zero attached hydrogens (tertiary/aromatic N) is 1. The number of hydrogen-bond acceptors (Lipinski definition) is 4. The number of nitrogens with one attached hydrogen (secondary N) is 1. The summed E-state index contributed by atoms with van der Waals surface area (Å²) in [5, 5.41) is 7.27. The highest BCUT2D eigenvalue weighted by Gasteiger charge is 2.10. The van der Waals surface area contributed by atoms with Crippen molar-refractivity contribution in [2.45, 2.75) is 6.42 Å². The third-order valence-corrected chi connectivity index (χ3v) is 1.90. The topological polar surface area (TPSA) is 72.1 Å². The second-order valence-electron chi connectivity index (χ2n) is 2.92. The van der Waals surface area contributed by atoms with Crippen molar-refractivity contribution in [3.05, 3.63) is 24.3 Å². The third kappa shape index (κ3) is 1.85.